The molecule has 4 aliphatic rings. The number of carbonyl (C=O) groups excluding carboxylic acids is 2. The van der Waals surface area contributed by atoms with E-state index < -0.39 is 62.1 Å². The Kier molecular flexibility index (Phi) is 3.87. The number of amides is 2. The van der Waals surface area contributed by atoms with Crippen LogP contribution in [0.2, 0.25) is 0 Å². The van der Waals surface area contributed by atoms with Gasteiger partial charge in [0.2, 0.25) is 11.8 Å². The van der Waals surface area contributed by atoms with Gasteiger partial charge in [0.25, 0.3) is 11.2 Å². The quantitative estimate of drug-likeness (QED) is 0.335. The second kappa shape index (κ2) is 6.53. The number of benzene rings is 3. The first-order valence-corrected chi connectivity index (χ1v) is 10.4. The highest BCUT2D eigenvalue weighted by molar-refractivity contribution is 6.24. The molecule has 1 saturated heterocycles. The normalized spacial score (nSPS) is 26.1. The van der Waals surface area contributed by atoms with Gasteiger partial charge in [-0.1, -0.05) is 48.5 Å². The summed E-state index contributed by atoms with van der Waals surface area (Å²) in [5.41, 5.74) is -1.38. The van der Waals surface area contributed by atoms with Gasteiger partial charge in [-0.25, -0.2) is 9.29 Å². The molecule has 1 aliphatic heterocycles. The van der Waals surface area contributed by atoms with Gasteiger partial charge < -0.3 is 0 Å². The molecule has 1 fully saturated rings. The summed E-state index contributed by atoms with van der Waals surface area (Å²) >= 11 is 0. The van der Waals surface area contributed by atoms with Gasteiger partial charge in [0, 0.05) is 22.0 Å². The molecule has 3 aromatic rings. The van der Waals surface area contributed by atoms with E-state index in [9.17, 15) is 34.2 Å². The highest BCUT2D eigenvalue weighted by atomic mass is 19.1. The Labute approximate surface area is 190 Å². The molecule has 7 rings (SSSR count). The lowest BCUT2D eigenvalue weighted by molar-refractivity contribution is -0.578. The predicted octanol–water partition coefficient (Wildman–Crippen LogP) is 3.52. The van der Waals surface area contributed by atoms with Gasteiger partial charge in [-0.05, 0) is 23.3 Å². The summed E-state index contributed by atoms with van der Waals surface area (Å²) in [6, 6.07) is 15.9. The number of imide groups is 1. The number of halogens is 1. The first-order chi connectivity index (χ1) is 16.3. The highest BCUT2D eigenvalue weighted by Gasteiger charge is 2.75. The summed E-state index contributed by atoms with van der Waals surface area (Å²) < 4.78 is 13.8. The predicted molar refractivity (Wildman–Crippen MR) is 115 cm³/mol. The Hall–Kier alpha value is -4.47. The van der Waals surface area contributed by atoms with Crippen LogP contribution in [0.25, 0.3) is 0 Å². The van der Waals surface area contributed by atoms with Gasteiger partial charge in [-0.2, -0.15) is 0 Å². The molecular weight excluding hydrogens is 445 g/mol. The van der Waals surface area contributed by atoms with Crippen molar-refractivity contribution in [2.75, 3.05) is 4.90 Å². The molecule has 3 aliphatic carbocycles. The van der Waals surface area contributed by atoms with Crippen LogP contribution < -0.4 is 4.90 Å². The first-order valence-electron chi connectivity index (χ1n) is 10.4. The maximum atomic E-state index is 13.8. The molecule has 1 heterocycles. The van der Waals surface area contributed by atoms with Gasteiger partial charge in [-0.3, -0.25) is 29.8 Å². The molecule has 3 aromatic carbocycles. The van der Waals surface area contributed by atoms with E-state index in [4.69, 9.17) is 0 Å². The minimum Gasteiger partial charge on any atom is -0.274 e. The van der Waals surface area contributed by atoms with Crippen LogP contribution in [0.15, 0.2) is 66.7 Å². The first kappa shape index (κ1) is 20.2. The van der Waals surface area contributed by atoms with Crippen molar-refractivity contribution >= 4 is 23.2 Å². The molecule has 34 heavy (non-hydrogen) atoms. The fraction of sp³-hybridized carbons (Fsp3) is 0.167. The molecule has 2 bridgehead atoms. The molecular formula is C24H14FN3O6. The standard InChI is InChI=1S/C24H14FN3O6/c25-12-9-10-17(18(11-12)27(31)32)26-22(29)20-19-13-5-1-3-7-15(13)24(28(33)34,21(20)23(26)30)16-8-4-2-6-14(16)19/h1-11,19-21H/t19?,20-,21-,24?/m1/s1. The molecule has 0 unspecified atom stereocenters. The van der Waals surface area contributed by atoms with Crippen molar-refractivity contribution in [2.45, 2.75) is 11.5 Å². The van der Waals surface area contributed by atoms with Crippen LogP contribution in [0.3, 0.4) is 0 Å². The van der Waals surface area contributed by atoms with Gasteiger partial charge in [-0.15, -0.1) is 0 Å². The maximum Gasteiger partial charge on any atom is 0.296 e. The van der Waals surface area contributed by atoms with Crippen molar-refractivity contribution in [1.82, 2.24) is 0 Å². The SMILES string of the molecule is O=C1[C@@H]2C3c4ccccc4C([N+](=O)[O-])(c4ccccc43)[C@H]2C(=O)N1c1ccc(F)cc1[N+](=O)[O-]. The number of anilines is 1. The minimum atomic E-state index is -2.04. The molecule has 9 nitrogen and oxygen atoms in total. The van der Waals surface area contributed by atoms with Crippen molar-refractivity contribution in [1.29, 1.82) is 0 Å². The van der Waals surface area contributed by atoms with E-state index in [0.717, 1.165) is 12.1 Å². The maximum absolute atomic E-state index is 13.8. The zero-order valence-corrected chi connectivity index (χ0v) is 17.3. The van der Waals surface area contributed by atoms with Crippen LogP contribution >= 0.6 is 0 Å². The van der Waals surface area contributed by atoms with E-state index >= 15 is 0 Å². The van der Waals surface area contributed by atoms with Gasteiger partial charge in [0.05, 0.1) is 16.9 Å². The monoisotopic (exact) mass is 459 g/mol. The summed E-state index contributed by atoms with van der Waals surface area (Å²) in [5.74, 6) is -5.77. The number of nitro groups is 2. The Morgan fingerprint density at radius 3 is 2.00 bits per heavy atom. The largest absolute Gasteiger partial charge is 0.296 e. The lowest BCUT2D eigenvalue weighted by atomic mass is 9.51. The second-order valence-corrected chi connectivity index (χ2v) is 8.58. The summed E-state index contributed by atoms with van der Waals surface area (Å²) in [7, 11) is 0. The molecule has 0 aromatic heterocycles. The zero-order chi connectivity index (χ0) is 23.9. The van der Waals surface area contributed by atoms with Crippen LogP contribution in [0.5, 0.6) is 0 Å². The number of rotatable bonds is 3. The third kappa shape index (κ3) is 2.17. The smallest absolute Gasteiger partial charge is 0.274 e. The van der Waals surface area contributed by atoms with Crippen LogP contribution in [0.1, 0.15) is 28.2 Å². The average Bonchev–Trinajstić information content (AvgIpc) is 3.09. The summed E-state index contributed by atoms with van der Waals surface area (Å²) in [4.78, 5) is 51.3. The van der Waals surface area contributed by atoms with E-state index in [0.29, 0.717) is 33.2 Å². The van der Waals surface area contributed by atoms with Crippen molar-refractivity contribution in [3.8, 4) is 0 Å². The Morgan fingerprint density at radius 2 is 1.44 bits per heavy atom. The molecule has 0 spiro atoms. The Balaban J connectivity index is 1.66. The van der Waals surface area contributed by atoms with Gasteiger partial charge in [0.15, 0.2) is 0 Å². The number of nitro benzene ring substituents is 1. The summed E-state index contributed by atoms with van der Waals surface area (Å²) in [6.07, 6.45) is 0. The lowest BCUT2D eigenvalue weighted by Crippen LogP contribution is -2.57. The number of carbonyl (C=O) groups is 2. The number of hydrogen-bond acceptors (Lipinski definition) is 6. The van der Waals surface area contributed by atoms with Crippen LogP contribution in [0.4, 0.5) is 15.8 Å². The fourth-order valence-electron chi connectivity index (χ4n) is 6.11. The van der Waals surface area contributed by atoms with E-state index in [1.807, 2.05) is 0 Å². The van der Waals surface area contributed by atoms with Crippen LogP contribution in [0, 0.1) is 37.9 Å². The third-order valence-corrected chi connectivity index (χ3v) is 7.24. The molecule has 0 N–H and O–H groups in total. The molecule has 2 atom stereocenters. The zero-order valence-electron chi connectivity index (χ0n) is 17.3. The molecule has 168 valence electrons. The van der Waals surface area contributed by atoms with Crippen molar-refractivity contribution in [3.05, 3.63) is 115 Å². The molecule has 0 radical (unpaired) electrons. The average molecular weight is 459 g/mol. The highest BCUT2D eigenvalue weighted by Crippen LogP contribution is 2.64. The summed E-state index contributed by atoms with van der Waals surface area (Å²) in [5, 5.41) is 24.5. The molecule has 0 saturated carbocycles. The van der Waals surface area contributed by atoms with E-state index in [-0.39, 0.29) is 0 Å². The van der Waals surface area contributed by atoms with Crippen molar-refractivity contribution in [3.63, 3.8) is 0 Å². The summed E-state index contributed by atoms with van der Waals surface area (Å²) in [6.45, 7) is 0. The Bertz CT molecular complexity index is 1420. The van der Waals surface area contributed by atoms with Crippen LogP contribution in [-0.2, 0) is 15.1 Å². The van der Waals surface area contributed by atoms with Crippen LogP contribution in [-0.4, -0.2) is 21.7 Å². The van der Waals surface area contributed by atoms with E-state index in [1.165, 1.54) is 0 Å². The van der Waals surface area contributed by atoms with Gasteiger partial charge in [0.1, 0.15) is 17.4 Å². The molecule has 2 amide bonds. The third-order valence-electron chi connectivity index (χ3n) is 7.24. The topological polar surface area (TPSA) is 124 Å². The minimum absolute atomic E-state index is 0.335. The lowest BCUT2D eigenvalue weighted by Gasteiger charge is -2.48. The molecule has 10 heteroatoms. The fourth-order valence-corrected chi connectivity index (χ4v) is 6.11. The number of nitrogens with zero attached hydrogens (tertiary/aromatic N) is 3. The Morgan fingerprint density at radius 1 is 0.853 bits per heavy atom. The van der Waals surface area contributed by atoms with Gasteiger partial charge >= 0.3 is 0 Å². The number of hydrogen-bond donors (Lipinski definition) is 0. The van der Waals surface area contributed by atoms with Crippen molar-refractivity contribution < 1.29 is 23.8 Å². The van der Waals surface area contributed by atoms with Crippen molar-refractivity contribution in [2.24, 2.45) is 11.8 Å². The second-order valence-electron chi connectivity index (χ2n) is 8.58. The van der Waals surface area contributed by atoms with E-state index in [2.05, 4.69) is 0 Å². The van der Waals surface area contributed by atoms with E-state index in [1.54, 1.807) is 48.5 Å².